The van der Waals surface area contributed by atoms with E-state index in [1.807, 2.05) is 17.1 Å². The average molecular weight is 286 g/mol. The highest BCUT2D eigenvalue weighted by Crippen LogP contribution is 2.33. The van der Waals surface area contributed by atoms with Crippen molar-refractivity contribution in [3.63, 3.8) is 0 Å². The van der Waals surface area contributed by atoms with Crippen LogP contribution in [0.5, 0.6) is 11.5 Å². The largest absolute Gasteiger partial charge is 0.508 e. The van der Waals surface area contributed by atoms with Crippen LogP contribution in [0.4, 0.5) is 0 Å². The van der Waals surface area contributed by atoms with Crippen LogP contribution in [0.15, 0.2) is 30.6 Å². The van der Waals surface area contributed by atoms with E-state index < -0.39 is 0 Å². The number of phenolic OH excluding ortho intramolecular Hbond substituents is 1. The number of phenols is 1. The molecule has 1 aromatic heterocycles. The quantitative estimate of drug-likeness (QED) is 0.928. The third-order valence-corrected chi connectivity index (χ3v) is 4.30. The number of aromatic nitrogens is 2. The van der Waals surface area contributed by atoms with Crippen LogP contribution in [0, 0.1) is 5.92 Å². The first-order valence-electron chi connectivity index (χ1n) is 7.66. The van der Waals surface area contributed by atoms with E-state index in [1.165, 1.54) is 32.1 Å². The van der Waals surface area contributed by atoms with E-state index in [4.69, 9.17) is 4.74 Å². The van der Waals surface area contributed by atoms with Crippen LogP contribution in [0.25, 0.3) is 11.1 Å². The summed E-state index contributed by atoms with van der Waals surface area (Å²) in [6.07, 6.45) is 10.6. The van der Waals surface area contributed by atoms with Gasteiger partial charge < -0.3 is 9.84 Å². The highest BCUT2D eigenvalue weighted by Gasteiger charge is 2.15. The zero-order valence-electron chi connectivity index (χ0n) is 12.5. The summed E-state index contributed by atoms with van der Waals surface area (Å²) in [5.74, 6) is 1.74. The topological polar surface area (TPSA) is 47.3 Å². The summed E-state index contributed by atoms with van der Waals surface area (Å²) in [5.41, 5.74) is 1.87. The zero-order chi connectivity index (χ0) is 14.7. The summed E-state index contributed by atoms with van der Waals surface area (Å²) in [6, 6.07) is 5.14. The fraction of sp³-hybridized carbons (Fsp3) is 0.471. The Bertz CT molecular complexity index is 601. The van der Waals surface area contributed by atoms with Gasteiger partial charge in [-0.25, -0.2) is 0 Å². The zero-order valence-corrected chi connectivity index (χ0v) is 12.5. The Kier molecular flexibility index (Phi) is 4.13. The molecule has 2 aromatic rings. The number of hydrogen-bond donors (Lipinski definition) is 1. The molecule has 0 bridgehead atoms. The van der Waals surface area contributed by atoms with Gasteiger partial charge in [0.05, 0.1) is 13.3 Å². The predicted octanol–water partition coefficient (Wildman–Crippen LogP) is 3.84. The molecule has 112 valence electrons. The number of aromatic hydroxyl groups is 1. The van der Waals surface area contributed by atoms with E-state index in [9.17, 15) is 5.11 Å². The number of ether oxygens (including phenoxy) is 1. The summed E-state index contributed by atoms with van der Waals surface area (Å²) >= 11 is 0. The summed E-state index contributed by atoms with van der Waals surface area (Å²) in [7, 11) is 1.64. The van der Waals surface area contributed by atoms with E-state index >= 15 is 0 Å². The van der Waals surface area contributed by atoms with Crippen molar-refractivity contribution in [1.82, 2.24) is 9.78 Å². The molecule has 0 radical (unpaired) electrons. The van der Waals surface area contributed by atoms with Crippen LogP contribution in [0.3, 0.4) is 0 Å². The Morgan fingerprint density at radius 1 is 1.29 bits per heavy atom. The predicted molar refractivity (Wildman–Crippen MR) is 82.5 cm³/mol. The fourth-order valence-electron chi connectivity index (χ4n) is 3.16. The van der Waals surface area contributed by atoms with Gasteiger partial charge in [0.2, 0.25) is 0 Å². The van der Waals surface area contributed by atoms with Crippen LogP contribution in [0.1, 0.15) is 32.1 Å². The van der Waals surface area contributed by atoms with Crippen LogP contribution < -0.4 is 4.74 Å². The molecule has 1 aromatic carbocycles. The maximum atomic E-state index is 9.68. The lowest BCUT2D eigenvalue weighted by Gasteiger charge is -2.21. The molecule has 1 fully saturated rings. The maximum absolute atomic E-state index is 9.68. The minimum atomic E-state index is 0.242. The van der Waals surface area contributed by atoms with Crippen molar-refractivity contribution >= 4 is 0 Å². The summed E-state index contributed by atoms with van der Waals surface area (Å²) in [6.45, 7) is 0.987. The molecular formula is C17H22N2O2. The lowest BCUT2D eigenvalue weighted by atomic mass is 9.89. The normalized spacial score (nSPS) is 16.0. The van der Waals surface area contributed by atoms with Crippen LogP contribution in [0.2, 0.25) is 0 Å². The van der Waals surface area contributed by atoms with Crippen LogP contribution >= 0.6 is 0 Å². The first-order valence-corrected chi connectivity index (χ1v) is 7.66. The number of rotatable bonds is 4. The van der Waals surface area contributed by atoms with Gasteiger partial charge in [0.25, 0.3) is 0 Å². The number of methoxy groups -OCH3 is 1. The molecule has 0 unspecified atom stereocenters. The minimum Gasteiger partial charge on any atom is -0.508 e. The van der Waals surface area contributed by atoms with Crippen molar-refractivity contribution in [3.05, 3.63) is 30.6 Å². The lowest BCUT2D eigenvalue weighted by molar-refractivity contribution is 0.308. The molecule has 0 saturated heterocycles. The van der Waals surface area contributed by atoms with Crippen molar-refractivity contribution in [2.45, 2.75) is 38.6 Å². The van der Waals surface area contributed by atoms with E-state index in [0.29, 0.717) is 0 Å². The lowest BCUT2D eigenvalue weighted by Crippen LogP contribution is -2.14. The molecule has 0 atom stereocenters. The minimum absolute atomic E-state index is 0.242. The smallest absolute Gasteiger partial charge is 0.127 e. The van der Waals surface area contributed by atoms with Gasteiger partial charge in [-0.2, -0.15) is 5.10 Å². The van der Waals surface area contributed by atoms with Crippen molar-refractivity contribution in [3.8, 4) is 22.6 Å². The molecule has 3 rings (SSSR count). The van der Waals surface area contributed by atoms with Gasteiger partial charge in [0.1, 0.15) is 11.5 Å². The van der Waals surface area contributed by atoms with Crippen LogP contribution in [-0.2, 0) is 6.54 Å². The molecule has 4 nitrogen and oxygen atoms in total. The highest BCUT2D eigenvalue weighted by atomic mass is 16.5. The third-order valence-electron chi connectivity index (χ3n) is 4.30. The van der Waals surface area contributed by atoms with E-state index in [0.717, 1.165) is 29.3 Å². The van der Waals surface area contributed by atoms with Gasteiger partial charge in [0, 0.05) is 23.9 Å². The molecule has 0 amide bonds. The molecule has 1 aliphatic carbocycles. The van der Waals surface area contributed by atoms with Crippen molar-refractivity contribution in [2.75, 3.05) is 7.11 Å². The highest BCUT2D eigenvalue weighted by molar-refractivity contribution is 5.70. The molecule has 0 spiro atoms. The Morgan fingerprint density at radius 3 is 2.86 bits per heavy atom. The Balaban J connectivity index is 1.79. The van der Waals surface area contributed by atoms with Gasteiger partial charge in [-0.3, -0.25) is 4.68 Å². The molecule has 1 N–H and O–H groups in total. The van der Waals surface area contributed by atoms with Gasteiger partial charge in [-0.05, 0) is 37.0 Å². The molecule has 0 aliphatic heterocycles. The van der Waals surface area contributed by atoms with Crippen LogP contribution in [-0.4, -0.2) is 22.0 Å². The van der Waals surface area contributed by atoms with E-state index in [-0.39, 0.29) is 5.75 Å². The molecular weight excluding hydrogens is 264 g/mol. The van der Waals surface area contributed by atoms with Gasteiger partial charge in [-0.15, -0.1) is 0 Å². The molecule has 1 aliphatic rings. The van der Waals surface area contributed by atoms with Gasteiger partial charge >= 0.3 is 0 Å². The second-order valence-electron chi connectivity index (χ2n) is 5.84. The monoisotopic (exact) mass is 286 g/mol. The summed E-state index contributed by atoms with van der Waals surface area (Å²) < 4.78 is 7.39. The summed E-state index contributed by atoms with van der Waals surface area (Å²) in [5, 5.41) is 14.2. The van der Waals surface area contributed by atoms with E-state index in [2.05, 4.69) is 5.10 Å². The molecule has 21 heavy (non-hydrogen) atoms. The Morgan fingerprint density at radius 2 is 2.10 bits per heavy atom. The van der Waals surface area contributed by atoms with Crippen molar-refractivity contribution < 1.29 is 9.84 Å². The SMILES string of the molecule is COc1ccc(O)cc1-c1cnn(CC2CCCCC2)c1. The second-order valence-corrected chi connectivity index (χ2v) is 5.84. The average Bonchev–Trinajstić information content (AvgIpc) is 2.96. The molecule has 1 saturated carbocycles. The first-order chi connectivity index (χ1) is 10.3. The number of benzene rings is 1. The molecule has 1 heterocycles. The molecule has 4 heteroatoms. The van der Waals surface area contributed by atoms with Crippen molar-refractivity contribution in [1.29, 1.82) is 0 Å². The summed E-state index contributed by atoms with van der Waals surface area (Å²) in [4.78, 5) is 0. The Hall–Kier alpha value is -1.97. The first kappa shape index (κ1) is 14.0. The number of nitrogens with zero attached hydrogens (tertiary/aromatic N) is 2. The van der Waals surface area contributed by atoms with Gasteiger partial charge in [0.15, 0.2) is 0 Å². The third kappa shape index (κ3) is 3.20. The fourth-order valence-corrected chi connectivity index (χ4v) is 3.16. The maximum Gasteiger partial charge on any atom is 0.127 e. The van der Waals surface area contributed by atoms with Crippen molar-refractivity contribution in [2.24, 2.45) is 5.92 Å². The second kappa shape index (κ2) is 6.20. The number of hydrogen-bond acceptors (Lipinski definition) is 3. The standard InChI is InChI=1S/C17H22N2O2/c1-21-17-8-7-15(20)9-16(17)14-10-18-19(12-14)11-13-5-3-2-4-6-13/h7-10,12-13,20H,2-6,11H2,1H3. The Labute approximate surface area is 125 Å². The van der Waals surface area contributed by atoms with Gasteiger partial charge in [-0.1, -0.05) is 19.3 Å². The van der Waals surface area contributed by atoms with E-state index in [1.54, 1.807) is 25.3 Å².